The Kier molecular flexibility index (Phi) is 4.63. The molecule has 2 aromatic heterocycles. The number of hydrogen-bond donors (Lipinski definition) is 1. The number of nitrogens with zero attached hydrogens (tertiary/aromatic N) is 2. The highest BCUT2D eigenvalue weighted by Crippen LogP contribution is 2.29. The van der Waals surface area contributed by atoms with Crippen LogP contribution in [0.25, 0.3) is 10.2 Å². The first-order valence-corrected chi connectivity index (χ1v) is 9.65. The third kappa shape index (κ3) is 3.81. The fourth-order valence-corrected chi connectivity index (χ4v) is 4.27. The van der Waals surface area contributed by atoms with Crippen LogP contribution < -0.4 is 10.1 Å². The molecule has 0 saturated heterocycles. The molecular weight excluding hydrogens is 350 g/mol. The van der Waals surface area contributed by atoms with Crippen molar-refractivity contribution in [1.29, 1.82) is 0 Å². The summed E-state index contributed by atoms with van der Waals surface area (Å²) in [6, 6.07) is 16.4. The smallest absolute Gasteiger partial charge is 0.184 e. The summed E-state index contributed by atoms with van der Waals surface area (Å²) in [5.74, 6) is 0.854. The number of hydrogen-bond acceptors (Lipinski definition) is 6. The summed E-state index contributed by atoms with van der Waals surface area (Å²) < 4.78 is 6.38. The second-order valence-corrected chi connectivity index (χ2v) is 7.57. The summed E-state index contributed by atoms with van der Waals surface area (Å²) in [5.41, 5.74) is 3.32. The van der Waals surface area contributed by atoms with Crippen molar-refractivity contribution in [3.8, 4) is 5.75 Å². The molecule has 2 aromatic carbocycles. The molecule has 0 bridgehead atoms. The number of methoxy groups -OCH3 is 1. The number of rotatable bonds is 6. The van der Waals surface area contributed by atoms with Gasteiger partial charge in [-0.3, -0.25) is 0 Å². The highest BCUT2D eigenvalue weighted by atomic mass is 32.1. The zero-order chi connectivity index (χ0) is 17.1. The number of benzene rings is 2. The summed E-state index contributed by atoms with van der Waals surface area (Å²) in [6.45, 7) is 0.683. The van der Waals surface area contributed by atoms with Gasteiger partial charge in [-0.15, -0.1) is 11.3 Å². The highest BCUT2D eigenvalue weighted by Gasteiger charge is 2.07. The molecule has 0 amide bonds. The number of aromatic nitrogens is 2. The van der Waals surface area contributed by atoms with Crippen molar-refractivity contribution < 1.29 is 4.74 Å². The molecule has 0 aliphatic heterocycles. The number of thiazole rings is 2. The minimum absolute atomic E-state index is 0.683. The number of fused-ring (bicyclic) bond motifs is 1. The van der Waals surface area contributed by atoms with Crippen LogP contribution in [0.5, 0.6) is 5.75 Å². The molecule has 0 unspecified atom stereocenters. The van der Waals surface area contributed by atoms with E-state index in [1.165, 1.54) is 5.56 Å². The Hall–Kier alpha value is -2.44. The fraction of sp³-hybridized carbons (Fsp3) is 0.158. The third-order valence-electron chi connectivity index (χ3n) is 3.81. The van der Waals surface area contributed by atoms with Gasteiger partial charge in [-0.25, -0.2) is 9.97 Å². The van der Waals surface area contributed by atoms with Gasteiger partial charge in [0.25, 0.3) is 0 Å². The normalized spacial score (nSPS) is 10.9. The Labute approximate surface area is 154 Å². The van der Waals surface area contributed by atoms with Gasteiger partial charge in [0.2, 0.25) is 0 Å². The summed E-state index contributed by atoms with van der Waals surface area (Å²) in [5, 5.41) is 7.53. The first kappa shape index (κ1) is 16.1. The van der Waals surface area contributed by atoms with Gasteiger partial charge in [0.05, 0.1) is 34.6 Å². The number of nitrogens with one attached hydrogen (secondary N) is 1. The summed E-state index contributed by atoms with van der Waals surface area (Å²) in [7, 11) is 1.68. The topological polar surface area (TPSA) is 47.0 Å². The maximum Gasteiger partial charge on any atom is 0.184 e. The van der Waals surface area contributed by atoms with Gasteiger partial charge in [-0.1, -0.05) is 41.7 Å². The molecule has 0 atom stereocenters. The van der Waals surface area contributed by atoms with Gasteiger partial charge < -0.3 is 10.1 Å². The van der Waals surface area contributed by atoms with Gasteiger partial charge in [0, 0.05) is 11.8 Å². The first-order chi connectivity index (χ1) is 12.3. The van der Waals surface area contributed by atoms with E-state index >= 15 is 0 Å². The average molecular weight is 367 g/mol. The van der Waals surface area contributed by atoms with Gasteiger partial charge in [-0.2, -0.15) is 0 Å². The maximum absolute atomic E-state index is 5.26. The van der Waals surface area contributed by atoms with Crippen LogP contribution in [0.1, 0.15) is 16.3 Å². The van der Waals surface area contributed by atoms with E-state index in [0.29, 0.717) is 6.54 Å². The van der Waals surface area contributed by atoms with E-state index in [9.17, 15) is 0 Å². The van der Waals surface area contributed by atoms with Gasteiger partial charge in [0.1, 0.15) is 5.75 Å². The van der Waals surface area contributed by atoms with Crippen molar-refractivity contribution in [3.05, 3.63) is 70.2 Å². The lowest BCUT2D eigenvalue weighted by Crippen LogP contribution is -1.99. The molecule has 0 fully saturated rings. The largest absolute Gasteiger partial charge is 0.497 e. The molecule has 4 nitrogen and oxygen atoms in total. The van der Waals surface area contributed by atoms with Crippen molar-refractivity contribution in [3.63, 3.8) is 0 Å². The molecule has 126 valence electrons. The van der Waals surface area contributed by atoms with Crippen molar-refractivity contribution >= 4 is 38.0 Å². The monoisotopic (exact) mass is 367 g/mol. The molecular formula is C19H17N3OS2. The quantitative estimate of drug-likeness (QED) is 0.523. The van der Waals surface area contributed by atoms with E-state index in [0.717, 1.165) is 38.2 Å². The van der Waals surface area contributed by atoms with Crippen molar-refractivity contribution in [2.24, 2.45) is 0 Å². The maximum atomic E-state index is 5.26. The van der Waals surface area contributed by atoms with Gasteiger partial charge >= 0.3 is 0 Å². The van der Waals surface area contributed by atoms with Gasteiger partial charge in [-0.05, 0) is 23.8 Å². The van der Waals surface area contributed by atoms with E-state index < -0.39 is 0 Å². The van der Waals surface area contributed by atoms with Crippen molar-refractivity contribution in [2.45, 2.75) is 13.0 Å². The summed E-state index contributed by atoms with van der Waals surface area (Å²) in [4.78, 5) is 9.32. The van der Waals surface area contributed by atoms with E-state index in [-0.39, 0.29) is 0 Å². The second-order valence-electron chi connectivity index (χ2n) is 5.60. The second kappa shape index (κ2) is 7.21. The predicted octanol–water partition coefficient (Wildman–Crippen LogP) is 4.96. The van der Waals surface area contributed by atoms with Crippen LogP contribution in [0, 0.1) is 0 Å². The molecule has 0 spiro atoms. The molecule has 6 heteroatoms. The molecule has 0 saturated carbocycles. The molecule has 1 N–H and O–H groups in total. The van der Waals surface area contributed by atoms with E-state index in [2.05, 4.69) is 39.9 Å². The van der Waals surface area contributed by atoms with Gasteiger partial charge in [0.15, 0.2) is 5.13 Å². The lowest BCUT2D eigenvalue weighted by Gasteiger charge is -1.99. The van der Waals surface area contributed by atoms with Crippen molar-refractivity contribution in [2.75, 3.05) is 12.4 Å². The SMILES string of the molecule is COc1ccc2nc(NCc3csc(Cc4ccccc4)n3)sc2c1. The summed E-state index contributed by atoms with van der Waals surface area (Å²) >= 11 is 3.33. The fourth-order valence-electron chi connectivity index (χ4n) is 2.56. The Bertz CT molecular complexity index is 979. The van der Waals surface area contributed by atoms with Crippen LogP contribution in [0.15, 0.2) is 53.9 Å². The molecule has 4 rings (SSSR count). The number of ether oxygens (including phenoxy) is 1. The van der Waals surface area contributed by atoms with Crippen LogP contribution in [0.4, 0.5) is 5.13 Å². The van der Waals surface area contributed by atoms with E-state index in [4.69, 9.17) is 9.72 Å². The zero-order valence-corrected chi connectivity index (χ0v) is 15.4. The molecule has 0 aliphatic rings. The van der Waals surface area contributed by atoms with Crippen LogP contribution >= 0.6 is 22.7 Å². The molecule has 2 heterocycles. The third-order valence-corrected chi connectivity index (χ3v) is 5.69. The zero-order valence-electron chi connectivity index (χ0n) is 13.7. The Morgan fingerprint density at radius 3 is 2.80 bits per heavy atom. The van der Waals surface area contributed by atoms with Crippen LogP contribution in [0.3, 0.4) is 0 Å². The van der Waals surface area contributed by atoms with E-state index in [1.54, 1.807) is 29.8 Å². The molecule has 25 heavy (non-hydrogen) atoms. The van der Waals surface area contributed by atoms with E-state index in [1.807, 2.05) is 24.3 Å². The van der Waals surface area contributed by atoms with Crippen molar-refractivity contribution in [1.82, 2.24) is 9.97 Å². The summed E-state index contributed by atoms with van der Waals surface area (Å²) in [6.07, 6.45) is 0.881. The molecule has 0 radical (unpaired) electrons. The minimum atomic E-state index is 0.683. The Morgan fingerprint density at radius 2 is 1.96 bits per heavy atom. The molecule has 0 aliphatic carbocycles. The van der Waals surface area contributed by atoms with Crippen LogP contribution in [-0.4, -0.2) is 17.1 Å². The average Bonchev–Trinajstić information content (AvgIpc) is 3.26. The lowest BCUT2D eigenvalue weighted by atomic mass is 10.2. The minimum Gasteiger partial charge on any atom is -0.497 e. The predicted molar refractivity (Wildman–Crippen MR) is 105 cm³/mol. The standard InChI is InChI=1S/C19H17N3OS2/c1-23-15-7-8-16-17(10-15)25-19(22-16)20-11-14-12-24-18(21-14)9-13-5-3-2-4-6-13/h2-8,10,12H,9,11H2,1H3,(H,20,22). The molecule has 4 aromatic rings. The Balaban J connectivity index is 1.41. The number of anilines is 1. The lowest BCUT2D eigenvalue weighted by molar-refractivity contribution is 0.415. The van der Waals surface area contributed by atoms with Crippen LogP contribution in [0.2, 0.25) is 0 Å². The first-order valence-electron chi connectivity index (χ1n) is 7.96. The Morgan fingerprint density at radius 1 is 1.08 bits per heavy atom. The highest BCUT2D eigenvalue weighted by molar-refractivity contribution is 7.22. The van der Waals surface area contributed by atoms with Crippen LogP contribution in [-0.2, 0) is 13.0 Å².